The number of rotatable bonds is 6. The van der Waals surface area contributed by atoms with Crippen LogP contribution in [0.25, 0.3) is 11.3 Å². The molecule has 0 aliphatic rings. The van der Waals surface area contributed by atoms with E-state index in [4.69, 9.17) is 27.9 Å². The summed E-state index contributed by atoms with van der Waals surface area (Å²) in [6.07, 6.45) is 1.50. The van der Waals surface area contributed by atoms with E-state index in [1.165, 1.54) is 37.4 Å². The van der Waals surface area contributed by atoms with Crippen molar-refractivity contribution in [3.05, 3.63) is 75.7 Å². The Morgan fingerprint density at radius 2 is 1.97 bits per heavy atom. The van der Waals surface area contributed by atoms with Gasteiger partial charge >= 0.3 is 5.97 Å². The fraction of sp³-hybridized carbons (Fsp3) is 0.190. The van der Waals surface area contributed by atoms with E-state index in [1.54, 1.807) is 29.9 Å². The highest BCUT2D eigenvalue weighted by atomic mass is 35.5. The molecule has 156 valence electrons. The summed E-state index contributed by atoms with van der Waals surface area (Å²) in [6.45, 7) is 1.40. The summed E-state index contributed by atoms with van der Waals surface area (Å²) in [5.41, 5.74) is 2.04. The quantitative estimate of drug-likeness (QED) is 0.566. The highest BCUT2D eigenvalue weighted by Crippen LogP contribution is 2.33. The van der Waals surface area contributed by atoms with Gasteiger partial charge < -0.3 is 10.1 Å². The number of aromatic nitrogens is 2. The summed E-state index contributed by atoms with van der Waals surface area (Å²) in [4.78, 5) is 24.6. The van der Waals surface area contributed by atoms with Gasteiger partial charge in [-0.05, 0) is 36.8 Å². The van der Waals surface area contributed by atoms with Gasteiger partial charge in [0.1, 0.15) is 18.5 Å². The fourth-order valence-electron chi connectivity index (χ4n) is 2.81. The third-order valence-corrected chi connectivity index (χ3v) is 4.94. The number of carbonyl (C=O) groups excluding carboxylic acids is 2. The SMILES string of the molecule is C[C@H](NC(=O)c1ccc(-c2c(Cl)cnn2C)c(Cl)c1)C(=O)OCc1cccc(F)c1. The van der Waals surface area contributed by atoms with Crippen molar-refractivity contribution in [2.45, 2.75) is 19.6 Å². The molecule has 1 heterocycles. The van der Waals surface area contributed by atoms with E-state index < -0.39 is 23.7 Å². The first-order valence-electron chi connectivity index (χ1n) is 8.95. The number of hydrogen-bond donors (Lipinski definition) is 1. The standard InChI is InChI=1S/C21H18Cl2FN3O3/c1-12(21(29)30-11-13-4-3-5-15(24)8-13)26-20(28)14-6-7-16(17(22)9-14)19-18(23)10-25-27(19)2/h3-10,12H,11H2,1-2H3,(H,26,28)/t12-/m0/s1. The Morgan fingerprint density at radius 3 is 2.60 bits per heavy atom. The zero-order chi connectivity index (χ0) is 21.8. The molecule has 0 aliphatic carbocycles. The first kappa shape index (κ1) is 21.8. The average Bonchev–Trinajstić information content (AvgIpc) is 3.04. The van der Waals surface area contributed by atoms with Gasteiger partial charge in [0.05, 0.1) is 21.9 Å². The first-order chi connectivity index (χ1) is 14.3. The molecule has 3 aromatic rings. The summed E-state index contributed by atoms with van der Waals surface area (Å²) in [6, 6.07) is 9.54. The number of hydrogen-bond acceptors (Lipinski definition) is 4. The molecule has 0 saturated carbocycles. The van der Waals surface area contributed by atoms with E-state index in [1.807, 2.05) is 0 Å². The van der Waals surface area contributed by atoms with E-state index in [0.717, 1.165) is 0 Å². The summed E-state index contributed by atoms with van der Waals surface area (Å²) < 4.78 is 19.9. The topological polar surface area (TPSA) is 73.2 Å². The molecule has 1 N–H and O–H groups in total. The van der Waals surface area contributed by atoms with Crippen LogP contribution in [0.15, 0.2) is 48.7 Å². The monoisotopic (exact) mass is 449 g/mol. The van der Waals surface area contributed by atoms with Crippen LogP contribution in [0.2, 0.25) is 10.0 Å². The minimum Gasteiger partial charge on any atom is -0.459 e. The zero-order valence-electron chi connectivity index (χ0n) is 16.2. The van der Waals surface area contributed by atoms with Crippen molar-refractivity contribution >= 4 is 35.1 Å². The van der Waals surface area contributed by atoms with Crippen molar-refractivity contribution in [3.63, 3.8) is 0 Å². The minimum absolute atomic E-state index is 0.0945. The van der Waals surface area contributed by atoms with Crippen molar-refractivity contribution in [3.8, 4) is 11.3 Å². The average molecular weight is 450 g/mol. The first-order valence-corrected chi connectivity index (χ1v) is 9.71. The summed E-state index contributed by atoms with van der Waals surface area (Å²) in [5.74, 6) is -1.55. The largest absolute Gasteiger partial charge is 0.459 e. The van der Waals surface area contributed by atoms with Crippen LogP contribution >= 0.6 is 23.2 Å². The minimum atomic E-state index is -0.906. The number of nitrogens with one attached hydrogen (secondary N) is 1. The maximum atomic E-state index is 13.2. The number of carbonyl (C=O) groups is 2. The Labute approximate surface area is 182 Å². The second-order valence-corrected chi connectivity index (χ2v) is 7.41. The maximum absolute atomic E-state index is 13.2. The Kier molecular flexibility index (Phi) is 6.74. The Morgan fingerprint density at radius 1 is 1.20 bits per heavy atom. The molecule has 6 nitrogen and oxygen atoms in total. The number of ether oxygens (including phenoxy) is 1. The van der Waals surface area contributed by atoms with Crippen LogP contribution in [0, 0.1) is 5.82 Å². The number of benzene rings is 2. The van der Waals surface area contributed by atoms with Crippen LogP contribution in [-0.4, -0.2) is 27.7 Å². The predicted octanol–water partition coefficient (Wildman–Crippen LogP) is 4.39. The zero-order valence-corrected chi connectivity index (χ0v) is 17.7. The van der Waals surface area contributed by atoms with E-state index in [9.17, 15) is 14.0 Å². The Balaban J connectivity index is 1.63. The fourth-order valence-corrected chi connectivity index (χ4v) is 3.35. The third-order valence-electron chi connectivity index (χ3n) is 4.35. The van der Waals surface area contributed by atoms with Gasteiger partial charge in [0.2, 0.25) is 0 Å². The summed E-state index contributed by atoms with van der Waals surface area (Å²) in [5, 5.41) is 7.38. The second-order valence-electron chi connectivity index (χ2n) is 6.59. The van der Waals surface area contributed by atoms with Gasteiger partial charge in [0.25, 0.3) is 5.91 Å². The number of aryl methyl sites for hydroxylation is 1. The van der Waals surface area contributed by atoms with Crippen molar-refractivity contribution in [1.82, 2.24) is 15.1 Å². The lowest BCUT2D eigenvalue weighted by atomic mass is 10.1. The highest BCUT2D eigenvalue weighted by molar-refractivity contribution is 6.36. The molecule has 1 aromatic heterocycles. The molecule has 0 spiro atoms. The molecule has 3 rings (SSSR count). The second kappa shape index (κ2) is 9.28. The summed E-state index contributed by atoms with van der Waals surface area (Å²) >= 11 is 12.5. The molecule has 0 unspecified atom stereocenters. The lowest BCUT2D eigenvalue weighted by Crippen LogP contribution is -2.39. The normalized spacial score (nSPS) is 11.8. The van der Waals surface area contributed by atoms with Gasteiger partial charge in [-0.25, -0.2) is 9.18 Å². The number of halogens is 3. The molecule has 0 saturated heterocycles. The van der Waals surface area contributed by atoms with Crippen molar-refractivity contribution in [2.75, 3.05) is 0 Å². The molecule has 2 aromatic carbocycles. The third kappa shape index (κ3) is 4.98. The smallest absolute Gasteiger partial charge is 0.328 e. The summed E-state index contributed by atoms with van der Waals surface area (Å²) in [7, 11) is 1.73. The van der Waals surface area contributed by atoms with E-state index >= 15 is 0 Å². The Hall–Kier alpha value is -2.90. The lowest BCUT2D eigenvalue weighted by molar-refractivity contribution is -0.146. The molecule has 1 amide bonds. The molecule has 0 radical (unpaired) electrons. The van der Waals surface area contributed by atoms with Gasteiger partial charge in [-0.2, -0.15) is 5.10 Å². The molecule has 1 atom stereocenters. The van der Waals surface area contributed by atoms with Gasteiger partial charge in [-0.3, -0.25) is 9.48 Å². The lowest BCUT2D eigenvalue weighted by Gasteiger charge is -2.14. The van der Waals surface area contributed by atoms with Crippen LogP contribution < -0.4 is 5.32 Å². The predicted molar refractivity (Wildman–Crippen MR) is 112 cm³/mol. The van der Waals surface area contributed by atoms with Crippen LogP contribution in [0.5, 0.6) is 0 Å². The van der Waals surface area contributed by atoms with Gasteiger partial charge in [-0.1, -0.05) is 41.4 Å². The van der Waals surface area contributed by atoms with Gasteiger partial charge in [0, 0.05) is 18.2 Å². The van der Waals surface area contributed by atoms with Crippen LogP contribution in [0.3, 0.4) is 0 Å². The number of esters is 1. The molecule has 0 bridgehead atoms. The number of amides is 1. The van der Waals surface area contributed by atoms with Crippen molar-refractivity contribution < 1.29 is 18.7 Å². The van der Waals surface area contributed by atoms with Crippen molar-refractivity contribution in [2.24, 2.45) is 7.05 Å². The van der Waals surface area contributed by atoms with Crippen LogP contribution in [-0.2, 0) is 23.2 Å². The van der Waals surface area contributed by atoms with E-state index in [-0.39, 0.29) is 12.2 Å². The van der Waals surface area contributed by atoms with Gasteiger partial charge in [0.15, 0.2) is 0 Å². The molecule has 0 fully saturated rings. The molecule has 30 heavy (non-hydrogen) atoms. The van der Waals surface area contributed by atoms with E-state index in [2.05, 4.69) is 10.4 Å². The van der Waals surface area contributed by atoms with Crippen molar-refractivity contribution in [1.29, 1.82) is 0 Å². The molecular formula is C21H18Cl2FN3O3. The van der Waals surface area contributed by atoms with Crippen LogP contribution in [0.1, 0.15) is 22.8 Å². The molecular weight excluding hydrogens is 432 g/mol. The Bertz CT molecular complexity index is 1080. The maximum Gasteiger partial charge on any atom is 0.328 e. The van der Waals surface area contributed by atoms with Crippen LogP contribution in [0.4, 0.5) is 4.39 Å². The molecule has 9 heteroatoms. The number of nitrogens with zero attached hydrogens (tertiary/aromatic N) is 2. The molecule has 0 aliphatic heterocycles. The van der Waals surface area contributed by atoms with Gasteiger partial charge in [-0.15, -0.1) is 0 Å². The van der Waals surface area contributed by atoms with E-state index in [0.29, 0.717) is 26.9 Å². The highest BCUT2D eigenvalue weighted by Gasteiger charge is 2.20.